The minimum absolute atomic E-state index is 0.113. The van der Waals surface area contributed by atoms with Crippen LogP contribution in [0.1, 0.15) is 54.7 Å². The molecule has 2 aliphatic rings. The number of nitrogens with zero attached hydrogens (tertiary/aromatic N) is 1. The van der Waals surface area contributed by atoms with Gasteiger partial charge in [0.2, 0.25) is 5.91 Å². The monoisotopic (exact) mass is 596 g/mol. The first-order chi connectivity index (χ1) is 20.8. The number of rotatable bonds is 9. The lowest BCUT2D eigenvalue weighted by Crippen LogP contribution is -2.52. The molecule has 2 atom stereocenters. The van der Waals surface area contributed by atoms with Crippen LogP contribution in [0.2, 0.25) is 0 Å². The van der Waals surface area contributed by atoms with E-state index in [1.54, 1.807) is 0 Å². The van der Waals surface area contributed by atoms with Crippen LogP contribution in [0.5, 0.6) is 0 Å². The van der Waals surface area contributed by atoms with Crippen LogP contribution in [-0.2, 0) is 20.7 Å². The largest absolute Gasteiger partial charge is 0.453 e. The number of anilines is 1. The zero-order valence-corrected chi connectivity index (χ0v) is 23.9. The summed E-state index contributed by atoms with van der Waals surface area (Å²) in [6.45, 7) is 1.46. The van der Waals surface area contributed by atoms with Gasteiger partial charge in [0.1, 0.15) is 23.5 Å². The van der Waals surface area contributed by atoms with E-state index in [0.717, 1.165) is 45.5 Å². The summed E-state index contributed by atoms with van der Waals surface area (Å²) in [5.74, 6) is -3.14. The lowest BCUT2D eigenvalue weighted by molar-refractivity contribution is -0.118. The smallest absolute Gasteiger partial charge is 0.407 e. The van der Waals surface area contributed by atoms with Gasteiger partial charge < -0.3 is 25.4 Å². The number of nitrogens with one attached hydrogen (secondary N) is 3. The molecule has 2 unspecified atom stereocenters. The molecule has 8 nitrogen and oxygen atoms in total. The van der Waals surface area contributed by atoms with Gasteiger partial charge in [0.05, 0.1) is 36.9 Å². The van der Waals surface area contributed by atoms with E-state index in [9.17, 15) is 18.4 Å². The molecule has 3 aromatic rings. The highest BCUT2D eigenvalue weighted by molar-refractivity contribution is 5.98. The standard InChI is InChI=1S/C32H35F3N4O4/c1-42-31(41)39-29(28(20-4-8-22(33)9-5-20)21-6-10-23(34)11-7-21)30(40)38-27-18-36-17-26(35)25(27)13-12-24-16-37-19-32(43-24)14-2-3-15-32/h4-11,17-18,24,28-29,37H,2-3,12-16,19H2,1H3,(H,38,40)(H,39,41). The van der Waals surface area contributed by atoms with Crippen molar-refractivity contribution in [2.45, 2.75) is 62.2 Å². The molecule has 2 amide bonds. The maximum Gasteiger partial charge on any atom is 0.407 e. The van der Waals surface area contributed by atoms with Crippen LogP contribution in [0.25, 0.3) is 0 Å². The topological polar surface area (TPSA) is 102 Å². The van der Waals surface area contributed by atoms with Crippen molar-refractivity contribution in [1.29, 1.82) is 0 Å². The Morgan fingerprint density at radius 2 is 1.65 bits per heavy atom. The van der Waals surface area contributed by atoms with Gasteiger partial charge in [0, 0.05) is 24.6 Å². The highest BCUT2D eigenvalue weighted by Crippen LogP contribution is 2.36. The molecule has 1 saturated heterocycles. The van der Waals surface area contributed by atoms with Crippen LogP contribution in [0, 0.1) is 17.5 Å². The number of methoxy groups -OCH3 is 1. The summed E-state index contributed by atoms with van der Waals surface area (Å²) < 4.78 is 54.0. The molecular formula is C32H35F3N4O4. The summed E-state index contributed by atoms with van der Waals surface area (Å²) >= 11 is 0. The second-order valence-corrected chi connectivity index (χ2v) is 11.1. The predicted molar refractivity (Wildman–Crippen MR) is 154 cm³/mol. The Morgan fingerprint density at radius 1 is 1.02 bits per heavy atom. The Hall–Kier alpha value is -3.96. The fourth-order valence-corrected chi connectivity index (χ4v) is 6.12. The molecular weight excluding hydrogens is 561 g/mol. The first-order valence-corrected chi connectivity index (χ1v) is 14.4. The van der Waals surface area contributed by atoms with Crippen LogP contribution in [0.15, 0.2) is 60.9 Å². The third kappa shape index (κ3) is 7.34. The Labute approximate surface area is 248 Å². The molecule has 0 radical (unpaired) electrons. The summed E-state index contributed by atoms with van der Waals surface area (Å²) in [7, 11) is 1.15. The number of hydrogen-bond donors (Lipinski definition) is 3. The molecule has 5 rings (SSSR count). The molecule has 0 bridgehead atoms. The summed E-state index contributed by atoms with van der Waals surface area (Å²) in [4.78, 5) is 30.3. The second kappa shape index (κ2) is 13.6. The first-order valence-electron chi connectivity index (χ1n) is 14.4. The molecule has 1 spiro atoms. The normalized spacial score (nSPS) is 18.4. The second-order valence-electron chi connectivity index (χ2n) is 11.1. The number of carbonyl (C=O) groups is 2. The number of benzene rings is 2. The summed E-state index contributed by atoms with van der Waals surface area (Å²) in [6.07, 6.45) is 6.49. The molecule has 1 aromatic heterocycles. The molecule has 11 heteroatoms. The van der Waals surface area contributed by atoms with E-state index < -0.39 is 41.4 Å². The van der Waals surface area contributed by atoms with Crippen molar-refractivity contribution < 1.29 is 32.2 Å². The lowest BCUT2D eigenvalue weighted by atomic mass is 9.84. The fraction of sp³-hybridized carbons (Fsp3) is 0.406. The predicted octanol–water partition coefficient (Wildman–Crippen LogP) is 5.23. The van der Waals surface area contributed by atoms with Crippen molar-refractivity contribution in [2.75, 3.05) is 25.5 Å². The summed E-state index contributed by atoms with van der Waals surface area (Å²) in [5, 5.41) is 8.75. The molecule has 43 heavy (non-hydrogen) atoms. The molecule has 1 aliphatic heterocycles. The minimum atomic E-state index is -1.31. The fourth-order valence-electron chi connectivity index (χ4n) is 6.12. The average molecular weight is 597 g/mol. The van der Waals surface area contributed by atoms with Crippen LogP contribution >= 0.6 is 0 Å². The number of pyridine rings is 1. The lowest BCUT2D eigenvalue weighted by Gasteiger charge is -2.39. The van der Waals surface area contributed by atoms with Crippen molar-refractivity contribution in [3.63, 3.8) is 0 Å². The number of alkyl carbamates (subject to hydrolysis) is 1. The number of aromatic nitrogens is 1. The van der Waals surface area contributed by atoms with E-state index in [4.69, 9.17) is 9.47 Å². The summed E-state index contributed by atoms with van der Waals surface area (Å²) in [6, 6.07) is 9.52. The van der Waals surface area contributed by atoms with Gasteiger partial charge in [-0.15, -0.1) is 0 Å². The van der Waals surface area contributed by atoms with Crippen molar-refractivity contribution in [2.24, 2.45) is 0 Å². The maximum absolute atomic E-state index is 15.1. The number of amides is 2. The van der Waals surface area contributed by atoms with Crippen LogP contribution in [-0.4, -0.2) is 54.9 Å². The Bertz CT molecular complexity index is 1370. The molecule has 3 N–H and O–H groups in total. The Morgan fingerprint density at radius 3 is 2.26 bits per heavy atom. The van der Waals surface area contributed by atoms with Gasteiger partial charge in [-0.25, -0.2) is 18.0 Å². The van der Waals surface area contributed by atoms with Gasteiger partial charge in [-0.3, -0.25) is 9.78 Å². The van der Waals surface area contributed by atoms with Gasteiger partial charge >= 0.3 is 6.09 Å². The van der Waals surface area contributed by atoms with E-state index in [0.29, 0.717) is 24.1 Å². The minimum Gasteiger partial charge on any atom is -0.453 e. The third-order valence-corrected chi connectivity index (χ3v) is 8.26. The van der Waals surface area contributed by atoms with E-state index in [-0.39, 0.29) is 29.4 Å². The number of morpholine rings is 1. The zero-order chi connectivity index (χ0) is 30.4. The van der Waals surface area contributed by atoms with E-state index >= 15 is 4.39 Å². The molecule has 228 valence electrons. The van der Waals surface area contributed by atoms with Gasteiger partial charge in [-0.2, -0.15) is 0 Å². The van der Waals surface area contributed by atoms with Crippen molar-refractivity contribution >= 4 is 17.7 Å². The van der Waals surface area contributed by atoms with Crippen LogP contribution < -0.4 is 16.0 Å². The number of halogens is 3. The SMILES string of the molecule is COC(=O)NC(C(=O)Nc1cncc(F)c1CCC1CNCC2(CCCC2)O1)C(c1ccc(F)cc1)c1ccc(F)cc1. The highest BCUT2D eigenvalue weighted by Gasteiger charge is 2.39. The van der Waals surface area contributed by atoms with Crippen LogP contribution in [0.3, 0.4) is 0 Å². The van der Waals surface area contributed by atoms with Crippen molar-refractivity contribution in [3.8, 4) is 0 Å². The van der Waals surface area contributed by atoms with Gasteiger partial charge in [0.25, 0.3) is 0 Å². The number of carbonyl (C=O) groups excluding carboxylic acids is 2. The van der Waals surface area contributed by atoms with E-state index in [2.05, 4.69) is 20.9 Å². The van der Waals surface area contributed by atoms with E-state index in [1.807, 2.05) is 0 Å². The molecule has 1 aliphatic carbocycles. The average Bonchev–Trinajstić information content (AvgIpc) is 3.45. The first kappa shape index (κ1) is 30.5. The van der Waals surface area contributed by atoms with Gasteiger partial charge in [0.15, 0.2) is 0 Å². The highest BCUT2D eigenvalue weighted by atomic mass is 19.1. The van der Waals surface area contributed by atoms with Crippen LogP contribution in [0.4, 0.5) is 23.7 Å². The quantitative estimate of drug-likeness (QED) is 0.313. The molecule has 1 saturated carbocycles. The van der Waals surface area contributed by atoms with Gasteiger partial charge in [-0.1, -0.05) is 37.1 Å². The van der Waals surface area contributed by atoms with Gasteiger partial charge in [-0.05, 0) is 61.1 Å². The van der Waals surface area contributed by atoms with Crippen molar-refractivity contribution in [3.05, 3.63) is 95.1 Å². The number of ether oxygens (including phenoxy) is 2. The molecule has 2 heterocycles. The molecule has 2 aromatic carbocycles. The van der Waals surface area contributed by atoms with Crippen molar-refractivity contribution in [1.82, 2.24) is 15.6 Å². The summed E-state index contributed by atoms with van der Waals surface area (Å²) in [5.41, 5.74) is 1.20. The zero-order valence-electron chi connectivity index (χ0n) is 23.9. The molecule has 2 fully saturated rings. The Kier molecular flexibility index (Phi) is 9.62. The number of hydrogen-bond acceptors (Lipinski definition) is 6. The third-order valence-electron chi connectivity index (χ3n) is 8.26. The maximum atomic E-state index is 15.1. The van der Waals surface area contributed by atoms with E-state index in [1.165, 1.54) is 54.7 Å². The Balaban J connectivity index is 1.41.